The molecule has 3 aromatic rings. The molecule has 118 valence electrons. The molecule has 0 aliphatic carbocycles. The Balaban J connectivity index is 2.11. The lowest BCUT2D eigenvalue weighted by atomic mass is 10.1. The third kappa shape index (κ3) is 2.87. The monoisotopic (exact) mass is 347 g/mol. The van der Waals surface area contributed by atoms with Crippen molar-refractivity contribution >= 4 is 50.6 Å². The Morgan fingerprint density at radius 2 is 2.09 bits per heavy atom. The molecule has 3 rings (SSSR count). The van der Waals surface area contributed by atoms with Crippen LogP contribution in [-0.2, 0) is 4.74 Å². The Labute approximate surface area is 142 Å². The van der Waals surface area contributed by atoms with Gasteiger partial charge in [-0.1, -0.05) is 11.6 Å². The summed E-state index contributed by atoms with van der Waals surface area (Å²) in [5.41, 5.74) is 2.72. The summed E-state index contributed by atoms with van der Waals surface area (Å²) in [6.07, 6.45) is 1.48. The van der Waals surface area contributed by atoms with Crippen LogP contribution >= 0.6 is 22.9 Å². The molecule has 2 heterocycles. The molecule has 0 aliphatic rings. The van der Waals surface area contributed by atoms with E-state index in [1.165, 1.54) is 24.8 Å². The van der Waals surface area contributed by atoms with E-state index in [1.807, 2.05) is 32.0 Å². The van der Waals surface area contributed by atoms with Crippen molar-refractivity contribution in [2.45, 2.75) is 13.8 Å². The van der Waals surface area contributed by atoms with Gasteiger partial charge in [-0.3, -0.25) is 0 Å². The summed E-state index contributed by atoms with van der Waals surface area (Å²) in [7, 11) is 1.37. The standard InChI is InChI=1S/C16H14ClN3O2S/c1-8-6-10(17)4-5-11(8)20-14-12-9(2)13(16(21)22-3)23-15(12)19-7-18-14/h4-7H,1-3H3,(H,18,19,20). The summed E-state index contributed by atoms with van der Waals surface area (Å²) in [6, 6.07) is 5.59. The van der Waals surface area contributed by atoms with E-state index < -0.39 is 0 Å². The molecule has 0 radical (unpaired) electrons. The molecule has 0 bridgehead atoms. The molecule has 0 fully saturated rings. The first kappa shape index (κ1) is 15.7. The Kier molecular flexibility index (Phi) is 4.19. The Morgan fingerprint density at radius 1 is 1.30 bits per heavy atom. The van der Waals surface area contributed by atoms with E-state index in [9.17, 15) is 4.79 Å². The maximum Gasteiger partial charge on any atom is 0.348 e. The molecule has 23 heavy (non-hydrogen) atoms. The van der Waals surface area contributed by atoms with E-state index in [1.54, 1.807) is 0 Å². The van der Waals surface area contributed by atoms with Gasteiger partial charge >= 0.3 is 5.97 Å². The molecule has 5 nitrogen and oxygen atoms in total. The van der Waals surface area contributed by atoms with Gasteiger partial charge < -0.3 is 10.1 Å². The number of hydrogen-bond donors (Lipinski definition) is 1. The number of aryl methyl sites for hydroxylation is 2. The van der Waals surface area contributed by atoms with E-state index in [0.29, 0.717) is 15.7 Å². The molecule has 2 aromatic heterocycles. The number of nitrogens with one attached hydrogen (secondary N) is 1. The van der Waals surface area contributed by atoms with Crippen LogP contribution in [0.2, 0.25) is 5.02 Å². The zero-order valence-electron chi connectivity index (χ0n) is 12.8. The number of halogens is 1. The van der Waals surface area contributed by atoms with Crippen molar-refractivity contribution in [1.29, 1.82) is 0 Å². The molecule has 0 saturated carbocycles. The lowest BCUT2D eigenvalue weighted by Gasteiger charge is -2.10. The first-order valence-corrected chi connectivity index (χ1v) is 8.06. The van der Waals surface area contributed by atoms with Crippen LogP contribution in [0, 0.1) is 13.8 Å². The summed E-state index contributed by atoms with van der Waals surface area (Å²) in [5, 5.41) is 4.81. The summed E-state index contributed by atoms with van der Waals surface area (Å²) in [4.78, 5) is 21.7. The Morgan fingerprint density at radius 3 is 2.78 bits per heavy atom. The van der Waals surface area contributed by atoms with Crippen LogP contribution in [0.3, 0.4) is 0 Å². The number of fused-ring (bicyclic) bond motifs is 1. The zero-order chi connectivity index (χ0) is 16.6. The smallest absolute Gasteiger partial charge is 0.348 e. The number of esters is 1. The van der Waals surface area contributed by atoms with Crippen LogP contribution in [0.4, 0.5) is 11.5 Å². The fourth-order valence-corrected chi connectivity index (χ4v) is 3.64. The van der Waals surface area contributed by atoms with Crippen molar-refractivity contribution in [3.05, 3.63) is 45.6 Å². The number of hydrogen-bond acceptors (Lipinski definition) is 6. The average Bonchev–Trinajstić information content (AvgIpc) is 2.87. The Hall–Kier alpha value is -2.18. The van der Waals surface area contributed by atoms with Crippen LogP contribution in [0.5, 0.6) is 0 Å². The van der Waals surface area contributed by atoms with E-state index in [4.69, 9.17) is 16.3 Å². The van der Waals surface area contributed by atoms with E-state index in [-0.39, 0.29) is 5.97 Å². The summed E-state index contributed by atoms with van der Waals surface area (Å²) in [5.74, 6) is 0.295. The van der Waals surface area contributed by atoms with Gasteiger partial charge in [-0.2, -0.15) is 0 Å². The summed E-state index contributed by atoms with van der Waals surface area (Å²) < 4.78 is 4.83. The molecule has 0 atom stereocenters. The molecule has 1 N–H and O–H groups in total. The maximum absolute atomic E-state index is 11.9. The first-order chi connectivity index (χ1) is 11.0. The van der Waals surface area contributed by atoms with Gasteiger partial charge in [0.1, 0.15) is 21.9 Å². The highest BCUT2D eigenvalue weighted by atomic mass is 35.5. The molecule has 0 spiro atoms. The molecular weight excluding hydrogens is 334 g/mol. The fraction of sp³-hybridized carbons (Fsp3) is 0.188. The molecule has 0 aliphatic heterocycles. The van der Waals surface area contributed by atoms with Crippen LogP contribution < -0.4 is 5.32 Å². The number of anilines is 2. The van der Waals surface area contributed by atoms with E-state index in [2.05, 4.69) is 15.3 Å². The normalized spacial score (nSPS) is 10.8. The fourth-order valence-electron chi connectivity index (χ4n) is 2.35. The number of aromatic nitrogens is 2. The van der Waals surface area contributed by atoms with Gasteiger partial charge in [-0.15, -0.1) is 11.3 Å². The van der Waals surface area contributed by atoms with Gasteiger partial charge in [-0.25, -0.2) is 14.8 Å². The SMILES string of the molecule is COC(=O)c1sc2ncnc(Nc3ccc(Cl)cc3C)c2c1C. The predicted molar refractivity (Wildman–Crippen MR) is 93.0 cm³/mol. The van der Waals surface area contributed by atoms with Crippen LogP contribution in [-0.4, -0.2) is 23.0 Å². The molecule has 0 unspecified atom stereocenters. The lowest BCUT2D eigenvalue weighted by molar-refractivity contribution is 0.0605. The number of benzene rings is 1. The van der Waals surface area contributed by atoms with Crippen LogP contribution in [0.25, 0.3) is 10.2 Å². The number of methoxy groups -OCH3 is 1. The highest BCUT2D eigenvalue weighted by molar-refractivity contribution is 7.20. The van der Waals surface area contributed by atoms with Gasteiger partial charge in [0, 0.05) is 10.7 Å². The summed E-state index contributed by atoms with van der Waals surface area (Å²) >= 11 is 7.29. The van der Waals surface area contributed by atoms with Crippen LogP contribution in [0.15, 0.2) is 24.5 Å². The molecule has 0 amide bonds. The molecule has 0 saturated heterocycles. The predicted octanol–water partition coefficient (Wildman–Crippen LogP) is 4.49. The first-order valence-electron chi connectivity index (χ1n) is 6.87. The van der Waals surface area contributed by atoms with Crippen molar-refractivity contribution in [2.24, 2.45) is 0 Å². The number of ether oxygens (including phenoxy) is 1. The second-order valence-corrected chi connectivity index (χ2v) is 6.47. The molecule has 1 aromatic carbocycles. The summed E-state index contributed by atoms with van der Waals surface area (Å²) in [6.45, 7) is 3.83. The topological polar surface area (TPSA) is 64.1 Å². The average molecular weight is 348 g/mol. The van der Waals surface area contributed by atoms with E-state index in [0.717, 1.165) is 27.0 Å². The quantitative estimate of drug-likeness (QED) is 0.707. The minimum absolute atomic E-state index is 0.362. The van der Waals surface area contributed by atoms with Gasteiger partial charge in [-0.05, 0) is 43.2 Å². The zero-order valence-corrected chi connectivity index (χ0v) is 14.4. The number of rotatable bonds is 3. The van der Waals surface area contributed by atoms with Crippen molar-refractivity contribution < 1.29 is 9.53 Å². The van der Waals surface area contributed by atoms with Crippen molar-refractivity contribution in [1.82, 2.24) is 9.97 Å². The second kappa shape index (κ2) is 6.14. The molecular formula is C16H14ClN3O2S. The number of carbonyl (C=O) groups is 1. The lowest BCUT2D eigenvalue weighted by Crippen LogP contribution is -2.00. The van der Waals surface area contributed by atoms with Crippen LogP contribution in [0.1, 0.15) is 20.8 Å². The van der Waals surface area contributed by atoms with Gasteiger partial charge in [0.05, 0.1) is 12.5 Å². The Bertz CT molecular complexity index is 908. The number of thiophene rings is 1. The van der Waals surface area contributed by atoms with Crippen molar-refractivity contribution in [2.75, 3.05) is 12.4 Å². The van der Waals surface area contributed by atoms with Gasteiger partial charge in [0.2, 0.25) is 0 Å². The maximum atomic E-state index is 11.9. The van der Waals surface area contributed by atoms with E-state index >= 15 is 0 Å². The van der Waals surface area contributed by atoms with Gasteiger partial charge in [0.25, 0.3) is 0 Å². The minimum Gasteiger partial charge on any atom is -0.465 e. The third-order valence-corrected chi connectivity index (χ3v) is 4.95. The number of nitrogens with zero attached hydrogens (tertiary/aromatic N) is 2. The highest BCUT2D eigenvalue weighted by Crippen LogP contribution is 2.35. The highest BCUT2D eigenvalue weighted by Gasteiger charge is 2.19. The van der Waals surface area contributed by atoms with Crippen molar-refractivity contribution in [3.8, 4) is 0 Å². The third-order valence-electron chi connectivity index (χ3n) is 3.54. The minimum atomic E-state index is -0.362. The molecule has 7 heteroatoms. The van der Waals surface area contributed by atoms with Gasteiger partial charge in [0.15, 0.2) is 0 Å². The number of carbonyl (C=O) groups excluding carboxylic acids is 1. The second-order valence-electron chi connectivity index (χ2n) is 5.03. The largest absolute Gasteiger partial charge is 0.465 e. The van der Waals surface area contributed by atoms with Crippen molar-refractivity contribution in [3.63, 3.8) is 0 Å².